The molecule has 4 nitrogen and oxygen atoms in total. The van der Waals surface area contributed by atoms with Crippen molar-refractivity contribution in [1.82, 2.24) is 5.32 Å². The molecule has 0 aromatic heterocycles. The van der Waals surface area contributed by atoms with Crippen LogP contribution in [0.3, 0.4) is 0 Å². The summed E-state index contributed by atoms with van der Waals surface area (Å²) in [6.07, 6.45) is 4.73. The largest absolute Gasteiger partial charge is 0.352 e. The Morgan fingerprint density at radius 1 is 1.40 bits per heavy atom. The van der Waals surface area contributed by atoms with E-state index in [1.165, 1.54) is 31.4 Å². The quantitative estimate of drug-likeness (QED) is 0.797. The number of rotatable bonds is 5. The van der Waals surface area contributed by atoms with E-state index in [9.17, 15) is 13.2 Å². The topological polar surface area (TPSA) is 63.2 Å². The molecule has 0 atom stereocenters. The van der Waals surface area contributed by atoms with Crippen LogP contribution >= 0.6 is 26.6 Å². The fourth-order valence-corrected chi connectivity index (χ4v) is 4.22. The fourth-order valence-electron chi connectivity index (χ4n) is 2.10. The van der Waals surface area contributed by atoms with E-state index in [0.29, 0.717) is 16.6 Å². The molecule has 1 saturated carbocycles. The first-order valence-electron chi connectivity index (χ1n) is 6.40. The lowest BCUT2D eigenvalue weighted by Crippen LogP contribution is -2.27. The molecular formula is C13H15BrClNO3S. The number of hydrogen-bond acceptors (Lipinski definition) is 3. The Bertz CT molecular complexity index is 614. The number of benzene rings is 1. The highest BCUT2D eigenvalue weighted by Gasteiger charge is 2.19. The third kappa shape index (κ3) is 3.96. The van der Waals surface area contributed by atoms with Gasteiger partial charge in [-0.2, -0.15) is 0 Å². The molecule has 1 N–H and O–H groups in total. The minimum Gasteiger partial charge on any atom is -0.352 e. The van der Waals surface area contributed by atoms with E-state index < -0.39 is 9.05 Å². The van der Waals surface area contributed by atoms with Crippen LogP contribution in [0.5, 0.6) is 0 Å². The van der Waals surface area contributed by atoms with Gasteiger partial charge in [-0.25, -0.2) is 8.42 Å². The Morgan fingerprint density at radius 2 is 2.10 bits per heavy atom. The average molecular weight is 381 g/mol. The number of hydrogen-bond donors (Lipinski definition) is 1. The number of nitrogens with one attached hydrogen (secondary N) is 1. The maximum absolute atomic E-state index is 12.0. The fraction of sp³-hybridized carbons (Fsp3) is 0.462. The Balaban J connectivity index is 2.02. The predicted octanol–water partition coefficient (Wildman–Crippen LogP) is 3.30. The summed E-state index contributed by atoms with van der Waals surface area (Å²) in [6, 6.07) is 4.36. The van der Waals surface area contributed by atoms with Gasteiger partial charge in [0.05, 0.1) is 4.90 Å². The van der Waals surface area contributed by atoms with E-state index in [-0.39, 0.29) is 10.8 Å². The molecule has 7 heteroatoms. The first kappa shape index (κ1) is 15.8. The lowest BCUT2D eigenvalue weighted by Gasteiger charge is -2.25. The molecule has 0 radical (unpaired) electrons. The minimum atomic E-state index is -3.87. The van der Waals surface area contributed by atoms with Gasteiger partial charge in [0.25, 0.3) is 15.0 Å². The Kier molecular flexibility index (Phi) is 5.09. The van der Waals surface area contributed by atoms with Crippen LogP contribution in [0.15, 0.2) is 27.6 Å². The Morgan fingerprint density at radius 3 is 2.65 bits per heavy atom. The summed E-state index contributed by atoms with van der Waals surface area (Å²) in [5.41, 5.74) is 0.293. The Hall–Kier alpha value is -0.590. The molecule has 0 aliphatic heterocycles. The molecule has 110 valence electrons. The highest BCUT2D eigenvalue weighted by molar-refractivity contribution is 9.10. The van der Waals surface area contributed by atoms with Crippen molar-refractivity contribution in [2.24, 2.45) is 5.92 Å². The summed E-state index contributed by atoms with van der Waals surface area (Å²) in [5, 5.41) is 2.80. The summed E-state index contributed by atoms with van der Waals surface area (Å²) in [6.45, 7) is 0.614. The molecule has 2 rings (SSSR count). The number of carbonyl (C=O) groups is 1. The molecule has 1 amide bonds. The van der Waals surface area contributed by atoms with Crippen LogP contribution in [0, 0.1) is 5.92 Å². The maximum Gasteiger partial charge on any atom is 0.262 e. The van der Waals surface area contributed by atoms with E-state index in [2.05, 4.69) is 21.2 Å². The predicted molar refractivity (Wildman–Crippen MR) is 81.5 cm³/mol. The average Bonchev–Trinajstić information content (AvgIpc) is 2.31. The van der Waals surface area contributed by atoms with Gasteiger partial charge >= 0.3 is 0 Å². The van der Waals surface area contributed by atoms with Gasteiger partial charge in [-0.3, -0.25) is 4.79 Å². The maximum atomic E-state index is 12.0. The number of halogens is 2. The van der Waals surface area contributed by atoms with Gasteiger partial charge in [-0.15, -0.1) is 0 Å². The molecule has 1 aliphatic rings. The lowest BCUT2D eigenvalue weighted by molar-refractivity contribution is 0.0948. The summed E-state index contributed by atoms with van der Waals surface area (Å²) >= 11 is 3.11. The monoisotopic (exact) mass is 379 g/mol. The second-order valence-corrected chi connectivity index (χ2v) is 8.31. The zero-order valence-electron chi connectivity index (χ0n) is 10.7. The molecule has 1 fully saturated rings. The van der Waals surface area contributed by atoms with E-state index >= 15 is 0 Å². The van der Waals surface area contributed by atoms with E-state index in [4.69, 9.17) is 10.7 Å². The van der Waals surface area contributed by atoms with E-state index in [0.717, 1.165) is 12.3 Å². The van der Waals surface area contributed by atoms with Crippen LogP contribution in [0.4, 0.5) is 0 Å². The van der Waals surface area contributed by atoms with Crippen LogP contribution in [0.1, 0.15) is 36.0 Å². The number of carbonyl (C=O) groups excluding carboxylic acids is 1. The highest BCUT2D eigenvalue weighted by atomic mass is 79.9. The van der Waals surface area contributed by atoms with Gasteiger partial charge in [0.2, 0.25) is 0 Å². The minimum absolute atomic E-state index is 0.0918. The number of amides is 1. The zero-order valence-corrected chi connectivity index (χ0v) is 13.9. The smallest absolute Gasteiger partial charge is 0.262 e. The molecule has 0 saturated heterocycles. The zero-order chi connectivity index (χ0) is 14.8. The Labute approximate surface area is 131 Å². The van der Waals surface area contributed by atoms with Crippen molar-refractivity contribution in [2.45, 2.75) is 30.6 Å². The van der Waals surface area contributed by atoms with Crippen molar-refractivity contribution in [2.75, 3.05) is 6.54 Å². The van der Waals surface area contributed by atoms with Crippen LogP contribution in [-0.2, 0) is 9.05 Å². The molecule has 20 heavy (non-hydrogen) atoms. The standard InChI is InChI=1S/C13H15BrClNO3S/c14-11-5-4-10(8-12(11)20(15,18)19)13(17)16-7-6-9-2-1-3-9/h4-5,8-9H,1-3,6-7H2,(H,16,17). The molecule has 0 bridgehead atoms. The summed E-state index contributed by atoms with van der Waals surface area (Å²) < 4.78 is 23.1. The SMILES string of the molecule is O=C(NCCC1CCC1)c1ccc(Br)c(S(=O)(=O)Cl)c1. The molecule has 1 aromatic carbocycles. The van der Waals surface area contributed by atoms with E-state index in [1.54, 1.807) is 6.07 Å². The second-order valence-electron chi connectivity index (χ2n) is 4.92. The van der Waals surface area contributed by atoms with Crippen molar-refractivity contribution in [3.63, 3.8) is 0 Å². The molecule has 0 spiro atoms. The molecule has 1 aromatic rings. The van der Waals surface area contributed by atoms with Gasteiger partial charge < -0.3 is 5.32 Å². The van der Waals surface area contributed by atoms with Crippen LogP contribution in [0.2, 0.25) is 0 Å². The molecule has 0 unspecified atom stereocenters. The van der Waals surface area contributed by atoms with Crippen molar-refractivity contribution in [3.8, 4) is 0 Å². The summed E-state index contributed by atoms with van der Waals surface area (Å²) in [7, 11) is 1.45. The van der Waals surface area contributed by atoms with Crippen molar-refractivity contribution in [1.29, 1.82) is 0 Å². The molecule has 1 aliphatic carbocycles. The van der Waals surface area contributed by atoms with Gasteiger partial charge in [-0.1, -0.05) is 19.3 Å². The van der Waals surface area contributed by atoms with E-state index in [1.807, 2.05) is 0 Å². The van der Waals surface area contributed by atoms with Gasteiger partial charge in [0, 0.05) is 27.3 Å². The molecule has 0 heterocycles. The first-order chi connectivity index (χ1) is 9.38. The van der Waals surface area contributed by atoms with Gasteiger partial charge in [-0.05, 0) is 46.5 Å². The first-order valence-corrected chi connectivity index (χ1v) is 9.50. The van der Waals surface area contributed by atoms with Crippen molar-refractivity contribution < 1.29 is 13.2 Å². The van der Waals surface area contributed by atoms with Crippen LogP contribution < -0.4 is 5.32 Å². The van der Waals surface area contributed by atoms with Crippen molar-refractivity contribution in [3.05, 3.63) is 28.2 Å². The lowest BCUT2D eigenvalue weighted by atomic mass is 9.83. The van der Waals surface area contributed by atoms with Gasteiger partial charge in [0.15, 0.2) is 0 Å². The van der Waals surface area contributed by atoms with Crippen molar-refractivity contribution >= 4 is 41.6 Å². The summed E-state index contributed by atoms with van der Waals surface area (Å²) in [5.74, 6) is 0.442. The third-order valence-electron chi connectivity index (χ3n) is 3.52. The summed E-state index contributed by atoms with van der Waals surface area (Å²) in [4.78, 5) is 11.9. The van der Waals surface area contributed by atoms with Gasteiger partial charge in [0.1, 0.15) is 0 Å². The normalized spacial score (nSPS) is 15.7. The van der Waals surface area contributed by atoms with Crippen LogP contribution in [0.25, 0.3) is 0 Å². The molecular weight excluding hydrogens is 366 g/mol. The highest BCUT2D eigenvalue weighted by Crippen LogP contribution is 2.29. The third-order valence-corrected chi connectivity index (χ3v) is 5.83. The second kappa shape index (κ2) is 6.45. The van der Waals surface area contributed by atoms with Crippen LogP contribution in [-0.4, -0.2) is 20.9 Å².